The lowest BCUT2D eigenvalue weighted by atomic mass is 10.2. The fraction of sp³-hybridized carbons (Fsp3) is 0.583. The highest BCUT2D eigenvalue weighted by atomic mass is 79.9. The molecule has 1 aromatic heterocycles. The van der Waals surface area contributed by atoms with Gasteiger partial charge in [0, 0.05) is 30.1 Å². The highest BCUT2D eigenvalue weighted by Crippen LogP contribution is 2.19. The van der Waals surface area contributed by atoms with Crippen molar-refractivity contribution in [3.63, 3.8) is 0 Å². The molecule has 1 rings (SSSR count). The summed E-state index contributed by atoms with van der Waals surface area (Å²) in [5.74, 6) is 1.80. The molecule has 0 fully saturated rings. The number of halogens is 2. The first-order chi connectivity index (χ1) is 7.65. The van der Waals surface area contributed by atoms with E-state index in [0.29, 0.717) is 0 Å². The van der Waals surface area contributed by atoms with Crippen molar-refractivity contribution in [3.8, 4) is 0 Å². The standard InChI is InChI=1S/C12H18BrClN2/c1-10-8-12(15-9-11(10)13)16(2)7-5-3-4-6-14/h8-9H,3-7H2,1-2H3. The number of nitrogens with zero attached hydrogens (tertiary/aromatic N) is 2. The summed E-state index contributed by atoms with van der Waals surface area (Å²) in [5, 5.41) is 0. The minimum absolute atomic E-state index is 0.763. The summed E-state index contributed by atoms with van der Waals surface area (Å²) in [6.07, 6.45) is 5.31. The number of aryl methyl sites for hydroxylation is 1. The Morgan fingerprint density at radius 3 is 2.75 bits per heavy atom. The van der Waals surface area contributed by atoms with Crippen molar-refractivity contribution in [1.82, 2.24) is 4.98 Å². The predicted octanol–water partition coefficient (Wildman–Crippen LogP) is 4.00. The van der Waals surface area contributed by atoms with Crippen LogP contribution in [0.2, 0.25) is 0 Å². The molecule has 0 amide bonds. The first-order valence-electron chi connectivity index (χ1n) is 5.54. The SMILES string of the molecule is Cc1cc(N(C)CCCCCCl)ncc1Br. The van der Waals surface area contributed by atoms with Gasteiger partial charge in [0.1, 0.15) is 5.82 Å². The van der Waals surface area contributed by atoms with E-state index in [2.05, 4.69) is 45.9 Å². The minimum atomic E-state index is 0.763. The minimum Gasteiger partial charge on any atom is -0.360 e. The summed E-state index contributed by atoms with van der Waals surface area (Å²) in [6, 6.07) is 2.10. The average Bonchev–Trinajstić information content (AvgIpc) is 2.28. The molecular weight excluding hydrogens is 288 g/mol. The lowest BCUT2D eigenvalue weighted by molar-refractivity contribution is 0.703. The van der Waals surface area contributed by atoms with Crippen LogP contribution in [-0.2, 0) is 0 Å². The number of aromatic nitrogens is 1. The van der Waals surface area contributed by atoms with Crippen molar-refractivity contribution in [2.24, 2.45) is 0 Å². The molecule has 0 aliphatic carbocycles. The van der Waals surface area contributed by atoms with Gasteiger partial charge < -0.3 is 4.90 Å². The quantitative estimate of drug-likeness (QED) is 0.583. The van der Waals surface area contributed by atoms with Crippen LogP contribution < -0.4 is 4.90 Å². The molecule has 2 nitrogen and oxygen atoms in total. The molecule has 0 radical (unpaired) electrons. The van der Waals surface area contributed by atoms with Crippen LogP contribution in [0.15, 0.2) is 16.7 Å². The number of unbranched alkanes of at least 4 members (excludes halogenated alkanes) is 2. The van der Waals surface area contributed by atoms with Gasteiger partial charge >= 0.3 is 0 Å². The second-order valence-electron chi connectivity index (χ2n) is 3.96. The van der Waals surface area contributed by atoms with Crippen LogP contribution in [0.25, 0.3) is 0 Å². The summed E-state index contributed by atoms with van der Waals surface area (Å²) in [4.78, 5) is 6.58. The molecule has 0 saturated heterocycles. The van der Waals surface area contributed by atoms with Crippen LogP contribution >= 0.6 is 27.5 Å². The van der Waals surface area contributed by atoms with Crippen LogP contribution in [-0.4, -0.2) is 24.5 Å². The Kier molecular flexibility index (Phi) is 6.14. The molecule has 0 bridgehead atoms. The smallest absolute Gasteiger partial charge is 0.128 e. The Balaban J connectivity index is 2.46. The van der Waals surface area contributed by atoms with Crippen molar-refractivity contribution in [1.29, 1.82) is 0 Å². The molecule has 0 unspecified atom stereocenters. The maximum atomic E-state index is 5.64. The van der Waals surface area contributed by atoms with E-state index in [0.717, 1.165) is 29.1 Å². The van der Waals surface area contributed by atoms with Crippen molar-refractivity contribution in [2.45, 2.75) is 26.2 Å². The van der Waals surface area contributed by atoms with Crippen molar-refractivity contribution < 1.29 is 0 Å². The normalized spacial score (nSPS) is 10.5. The molecule has 0 spiro atoms. The molecular formula is C12H18BrClN2. The van der Waals surface area contributed by atoms with Crippen LogP contribution in [0.5, 0.6) is 0 Å². The Morgan fingerprint density at radius 1 is 1.38 bits per heavy atom. The summed E-state index contributed by atoms with van der Waals surface area (Å²) in [7, 11) is 2.08. The number of pyridine rings is 1. The number of hydrogen-bond acceptors (Lipinski definition) is 2. The fourth-order valence-corrected chi connectivity index (χ4v) is 1.87. The van der Waals surface area contributed by atoms with Crippen LogP contribution in [0.1, 0.15) is 24.8 Å². The van der Waals surface area contributed by atoms with Crippen molar-refractivity contribution in [2.75, 3.05) is 24.4 Å². The molecule has 16 heavy (non-hydrogen) atoms. The summed E-state index contributed by atoms with van der Waals surface area (Å²) < 4.78 is 1.06. The average molecular weight is 306 g/mol. The van der Waals surface area contributed by atoms with E-state index in [4.69, 9.17) is 11.6 Å². The third kappa shape index (κ3) is 4.30. The van der Waals surface area contributed by atoms with Crippen molar-refractivity contribution in [3.05, 3.63) is 22.3 Å². The molecule has 90 valence electrons. The van der Waals surface area contributed by atoms with E-state index in [9.17, 15) is 0 Å². The van der Waals surface area contributed by atoms with Gasteiger partial charge in [-0.25, -0.2) is 4.98 Å². The molecule has 0 N–H and O–H groups in total. The van der Waals surface area contributed by atoms with E-state index < -0.39 is 0 Å². The zero-order chi connectivity index (χ0) is 12.0. The summed E-state index contributed by atoms with van der Waals surface area (Å²) in [6.45, 7) is 3.11. The van der Waals surface area contributed by atoms with Gasteiger partial charge in [-0.2, -0.15) is 0 Å². The van der Waals surface area contributed by atoms with E-state index in [-0.39, 0.29) is 0 Å². The van der Waals surface area contributed by atoms with Gasteiger partial charge in [0.2, 0.25) is 0 Å². The maximum absolute atomic E-state index is 5.64. The second-order valence-corrected chi connectivity index (χ2v) is 5.20. The molecule has 1 heterocycles. The Bertz CT molecular complexity index is 331. The summed E-state index contributed by atoms with van der Waals surface area (Å²) in [5.41, 5.74) is 1.22. The highest BCUT2D eigenvalue weighted by Gasteiger charge is 2.03. The second kappa shape index (κ2) is 7.13. The lowest BCUT2D eigenvalue weighted by Gasteiger charge is -2.18. The fourth-order valence-electron chi connectivity index (χ4n) is 1.47. The zero-order valence-corrected chi connectivity index (χ0v) is 12.2. The third-order valence-electron chi connectivity index (χ3n) is 2.55. The molecule has 1 aromatic rings. The van der Waals surface area contributed by atoms with E-state index in [1.807, 2.05) is 6.20 Å². The zero-order valence-electron chi connectivity index (χ0n) is 9.84. The van der Waals surface area contributed by atoms with Crippen LogP contribution in [0.3, 0.4) is 0 Å². The highest BCUT2D eigenvalue weighted by molar-refractivity contribution is 9.10. The Labute approximate surface area is 111 Å². The van der Waals surface area contributed by atoms with Gasteiger partial charge in [-0.15, -0.1) is 11.6 Å². The molecule has 0 atom stereocenters. The first-order valence-corrected chi connectivity index (χ1v) is 6.87. The van der Waals surface area contributed by atoms with Gasteiger partial charge in [0.05, 0.1) is 0 Å². The monoisotopic (exact) mass is 304 g/mol. The number of alkyl halides is 1. The number of anilines is 1. The predicted molar refractivity (Wildman–Crippen MR) is 74.5 cm³/mol. The molecule has 0 saturated carbocycles. The third-order valence-corrected chi connectivity index (χ3v) is 3.65. The van der Waals surface area contributed by atoms with Crippen molar-refractivity contribution >= 4 is 33.3 Å². The van der Waals surface area contributed by atoms with E-state index in [1.54, 1.807) is 0 Å². The van der Waals surface area contributed by atoms with Crippen LogP contribution in [0, 0.1) is 6.92 Å². The summed E-state index contributed by atoms with van der Waals surface area (Å²) >= 11 is 9.10. The number of hydrogen-bond donors (Lipinski definition) is 0. The molecule has 0 aliphatic heterocycles. The van der Waals surface area contributed by atoms with E-state index >= 15 is 0 Å². The first kappa shape index (κ1) is 13.8. The van der Waals surface area contributed by atoms with Gasteiger partial charge in [0.25, 0.3) is 0 Å². The topological polar surface area (TPSA) is 16.1 Å². The van der Waals surface area contributed by atoms with Gasteiger partial charge in [-0.3, -0.25) is 0 Å². The van der Waals surface area contributed by atoms with Gasteiger partial charge in [0.15, 0.2) is 0 Å². The Hall–Kier alpha value is -0.280. The molecule has 0 aromatic carbocycles. The van der Waals surface area contributed by atoms with Crippen LogP contribution in [0.4, 0.5) is 5.82 Å². The number of rotatable bonds is 6. The Morgan fingerprint density at radius 2 is 2.12 bits per heavy atom. The van der Waals surface area contributed by atoms with E-state index in [1.165, 1.54) is 18.4 Å². The van der Waals surface area contributed by atoms with Gasteiger partial charge in [-0.05, 0) is 47.3 Å². The van der Waals surface area contributed by atoms with Gasteiger partial charge in [-0.1, -0.05) is 6.42 Å². The molecule has 4 heteroatoms. The largest absolute Gasteiger partial charge is 0.360 e. The molecule has 0 aliphatic rings. The lowest BCUT2D eigenvalue weighted by Crippen LogP contribution is -2.19. The maximum Gasteiger partial charge on any atom is 0.128 e.